The number of hydrogen-bond acceptors (Lipinski definition) is 5. The van der Waals surface area contributed by atoms with Gasteiger partial charge in [-0.1, -0.05) is 18.2 Å². The van der Waals surface area contributed by atoms with E-state index in [1.807, 2.05) is 50.2 Å². The third kappa shape index (κ3) is 5.47. The van der Waals surface area contributed by atoms with Crippen LogP contribution in [0, 0.1) is 0 Å². The molecule has 2 aromatic rings. The summed E-state index contributed by atoms with van der Waals surface area (Å²) in [5.74, 6) is 1.42. The summed E-state index contributed by atoms with van der Waals surface area (Å²) < 4.78 is 12.5. The van der Waals surface area contributed by atoms with Gasteiger partial charge in [0.05, 0.1) is 12.2 Å². The van der Waals surface area contributed by atoms with Gasteiger partial charge in [-0.2, -0.15) is 0 Å². The number of carbonyl (C=O) groups excluding carboxylic acids is 2. The van der Waals surface area contributed by atoms with E-state index in [1.165, 1.54) is 0 Å². The number of allylic oxidation sites excluding steroid dienone is 2. The lowest BCUT2D eigenvalue weighted by Crippen LogP contribution is -2.45. The van der Waals surface area contributed by atoms with Crippen molar-refractivity contribution < 1.29 is 19.1 Å². The highest BCUT2D eigenvalue weighted by Gasteiger charge is 2.31. The summed E-state index contributed by atoms with van der Waals surface area (Å²) in [5, 5.41) is 3.16. The second-order valence-electron chi connectivity index (χ2n) is 8.66. The molecule has 6 nitrogen and oxygen atoms in total. The molecule has 2 heterocycles. The van der Waals surface area contributed by atoms with E-state index < -0.39 is 0 Å². The number of hydrogen-bond donors (Lipinski definition) is 1. The van der Waals surface area contributed by atoms with Crippen LogP contribution in [0.5, 0.6) is 11.5 Å². The molecular formula is C26H29BrN2O4. The van der Waals surface area contributed by atoms with Gasteiger partial charge in [0, 0.05) is 30.1 Å². The van der Waals surface area contributed by atoms with E-state index in [2.05, 4.69) is 26.1 Å². The van der Waals surface area contributed by atoms with Crippen LogP contribution in [0.15, 0.2) is 58.3 Å². The molecule has 0 saturated carbocycles. The molecular weight excluding hydrogens is 484 g/mol. The predicted octanol–water partition coefficient (Wildman–Crippen LogP) is 4.98. The Hall–Kier alpha value is -2.64. The van der Waals surface area contributed by atoms with Crippen LogP contribution < -0.4 is 14.8 Å². The Kier molecular flexibility index (Phi) is 7.50. The van der Waals surface area contributed by atoms with E-state index in [-0.39, 0.29) is 17.7 Å². The Morgan fingerprint density at radius 1 is 1.15 bits per heavy atom. The van der Waals surface area contributed by atoms with Crippen molar-refractivity contribution in [1.29, 1.82) is 0 Å². The van der Waals surface area contributed by atoms with Gasteiger partial charge in [0.25, 0.3) is 5.91 Å². The second-order valence-corrected chi connectivity index (χ2v) is 9.52. The molecule has 4 rings (SSSR count). The number of nitrogens with one attached hydrogen (secondary N) is 1. The lowest BCUT2D eigenvalue weighted by Gasteiger charge is -2.32. The normalized spacial score (nSPS) is 16.3. The van der Waals surface area contributed by atoms with E-state index in [1.54, 1.807) is 6.07 Å². The number of likely N-dealkylation sites (tertiary alicyclic amines) is 1. The molecule has 2 aromatic carbocycles. The fraction of sp³-hybridized carbons (Fsp3) is 0.385. The zero-order valence-corrected chi connectivity index (χ0v) is 20.6. The molecule has 0 aromatic heterocycles. The highest BCUT2D eigenvalue weighted by atomic mass is 79.9. The van der Waals surface area contributed by atoms with Crippen LogP contribution >= 0.6 is 15.9 Å². The zero-order valence-electron chi connectivity index (χ0n) is 19.0. The average Bonchev–Trinajstić information content (AvgIpc) is 3.15. The van der Waals surface area contributed by atoms with E-state index in [0.29, 0.717) is 35.0 Å². The van der Waals surface area contributed by atoms with Gasteiger partial charge in [-0.15, -0.1) is 0 Å². The van der Waals surface area contributed by atoms with E-state index >= 15 is 0 Å². The van der Waals surface area contributed by atoms with Crippen molar-refractivity contribution in [2.45, 2.75) is 39.2 Å². The number of Topliss-reactive ketones (excluding diaryl/α,β-unsaturated/α-hetero) is 1. The van der Waals surface area contributed by atoms with Gasteiger partial charge >= 0.3 is 0 Å². The maximum atomic E-state index is 12.7. The Morgan fingerprint density at radius 3 is 2.64 bits per heavy atom. The molecule has 2 aliphatic rings. The van der Waals surface area contributed by atoms with Crippen molar-refractivity contribution in [2.24, 2.45) is 0 Å². The minimum Gasteiger partial charge on any atom is -0.493 e. The van der Waals surface area contributed by atoms with Crippen LogP contribution in [-0.4, -0.2) is 48.9 Å². The van der Waals surface area contributed by atoms with Gasteiger partial charge in [-0.3, -0.25) is 9.59 Å². The maximum Gasteiger partial charge on any atom is 0.252 e. The first-order valence-corrected chi connectivity index (χ1v) is 12.2. The molecule has 1 N–H and O–H groups in total. The van der Waals surface area contributed by atoms with Gasteiger partial charge in [0.2, 0.25) is 5.78 Å². The fourth-order valence-corrected chi connectivity index (χ4v) is 4.68. The Bertz CT molecular complexity index is 1070. The first-order valence-electron chi connectivity index (χ1n) is 11.4. The summed E-state index contributed by atoms with van der Waals surface area (Å²) in [6, 6.07) is 13.2. The highest BCUT2D eigenvalue weighted by Crippen LogP contribution is 2.38. The highest BCUT2D eigenvalue weighted by molar-refractivity contribution is 9.10. The number of nitrogens with zero attached hydrogens (tertiary/aromatic N) is 1. The fourth-order valence-electron chi connectivity index (χ4n) is 4.22. The topological polar surface area (TPSA) is 67.9 Å². The Labute approximate surface area is 203 Å². The molecule has 33 heavy (non-hydrogen) atoms. The number of ether oxygens (including phenoxy) is 2. The zero-order chi connectivity index (χ0) is 23.4. The third-order valence-corrected chi connectivity index (χ3v) is 6.70. The summed E-state index contributed by atoms with van der Waals surface area (Å²) in [6.45, 7) is 7.08. The Morgan fingerprint density at radius 2 is 1.91 bits per heavy atom. The van der Waals surface area contributed by atoms with E-state index in [9.17, 15) is 9.59 Å². The molecule has 7 heteroatoms. The summed E-state index contributed by atoms with van der Waals surface area (Å²) in [7, 11) is 0. The molecule has 0 atom stereocenters. The van der Waals surface area contributed by atoms with Crippen LogP contribution in [0.3, 0.4) is 0 Å². The van der Waals surface area contributed by atoms with Crippen molar-refractivity contribution in [3.05, 3.63) is 69.4 Å². The van der Waals surface area contributed by atoms with Gasteiger partial charge in [0.15, 0.2) is 5.76 Å². The summed E-state index contributed by atoms with van der Waals surface area (Å²) in [6.07, 6.45) is 2.73. The smallest absolute Gasteiger partial charge is 0.252 e. The predicted molar refractivity (Wildman–Crippen MR) is 131 cm³/mol. The summed E-state index contributed by atoms with van der Waals surface area (Å²) >= 11 is 3.44. The SMILES string of the molecule is CC(C)=C1Oc2cccc(OCCCN3CCC(NC(=O)c4ccccc4Br)CC3)c2C1=O. The molecule has 0 aliphatic carbocycles. The summed E-state index contributed by atoms with van der Waals surface area (Å²) in [4.78, 5) is 27.6. The number of ketones is 1. The third-order valence-electron chi connectivity index (χ3n) is 6.00. The molecule has 1 amide bonds. The number of carbonyl (C=O) groups is 2. The number of amides is 1. The van der Waals surface area contributed by atoms with E-state index in [0.717, 1.165) is 48.9 Å². The molecule has 1 fully saturated rings. The van der Waals surface area contributed by atoms with Crippen molar-refractivity contribution >= 4 is 27.6 Å². The summed E-state index contributed by atoms with van der Waals surface area (Å²) in [5.41, 5.74) is 2.05. The number of fused-ring (bicyclic) bond motifs is 1. The maximum absolute atomic E-state index is 12.7. The van der Waals surface area contributed by atoms with Crippen LogP contribution in [0.4, 0.5) is 0 Å². The van der Waals surface area contributed by atoms with Crippen LogP contribution in [-0.2, 0) is 0 Å². The van der Waals surface area contributed by atoms with Gasteiger partial charge in [-0.05, 0) is 78.9 Å². The van der Waals surface area contributed by atoms with Crippen molar-refractivity contribution in [3.8, 4) is 11.5 Å². The minimum absolute atomic E-state index is 0.0282. The van der Waals surface area contributed by atoms with Gasteiger partial charge < -0.3 is 19.7 Å². The monoisotopic (exact) mass is 512 g/mol. The second kappa shape index (κ2) is 10.5. The molecule has 0 bridgehead atoms. The molecule has 0 spiro atoms. The van der Waals surface area contributed by atoms with E-state index in [4.69, 9.17) is 9.47 Å². The quantitative estimate of drug-likeness (QED) is 0.418. The lowest BCUT2D eigenvalue weighted by atomic mass is 10.0. The lowest BCUT2D eigenvalue weighted by molar-refractivity contribution is 0.0908. The van der Waals surface area contributed by atoms with Crippen molar-refractivity contribution in [1.82, 2.24) is 10.2 Å². The van der Waals surface area contributed by atoms with Gasteiger partial charge in [0.1, 0.15) is 17.1 Å². The number of piperidine rings is 1. The van der Waals surface area contributed by atoms with Gasteiger partial charge in [-0.25, -0.2) is 0 Å². The molecule has 2 aliphatic heterocycles. The molecule has 0 unspecified atom stereocenters. The first kappa shape index (κ1) is 23.5. The Balaban J connectivity index is 1.21. The number of rotatable bonds is 7. The number of benzene rings is 2. The van der Waals surface area contributed by atoms with Crippen molar-refractivity contribution in [2.75, 3.05) is 26.2 Å². The molecule has 1 saturated heterocycles. The molecule has 174 valence electrons. The minimum atomic E-state index is -0.104. The number of halogens is 1. The van der Waals surface area contributed by atoms with Crippen LogP contribution in [0.2, 0.25) is 0 Å². The van der Waals surface area contributed by atoms with Crippen LogP contribution in [0.25, 0.3) is 0 Å². The van der Waals surface area contributed by atoms with Crippen LogP contribution in [0.1, 0.15) is 53.8 Å². The standard InChI is InChI=1S/C26H29BrN2O4/c1-17(2)25-24(30)23-21(9-5-10-22(23)33-25)32-16-6-13-29-14-11-18(12-15-29)28-26(31)19-7-3-4-8-20(19)27/h3-5,7-10,18H,6,11-16H2,1-2H3,(H,28,31). The van der Waals surface area contributed by atoms with Crippen molar-refractivity contribution in [3.63, 3.8) is 0 Å². The largest absolute Gasteiger partial charge is 0.493 e. The first-order chi connectivity index (χ1) is 15.9. The average molecular weight is 513 g/mol. The molecule has 0 radical (unpaired) electrons.